The number of nitrogen functional groups attached to an aromatic ring is 1. The van der Waals surface area contributed by atoms with E-state index in [4.69, 9.17) is 46.3 Å². The van der Waals surface area contributed by atoms with Crippen molar-refractivity contribution in [3.63, 3.8) is 0 Å². The molecule has 6 nitrogen and oxygen atoms in total. The number of primary amides is 1. The standard InChI is InChI=1S/C8H6Cl3N3O3/c9-3-5(13)4(10)7(11)14-6(3)8(16)17-1-2(12)15/h1H2,(H2,12,15)(H2,13,14). The molecule has 1 amide bonds. The SMILES string of the molecule is NC(=O)COC(=O)c1nc(Cl)c(Cl)c(N)c1Cl. The van der Waals surface area contributed by atoms with Crippen molar-refractivity contribution in [2.75, 3.05) is 12.3 Å². The quantitative estimate of drug-likeness (QED) is 0.645. The van der Waals surface area contributed by atoms with E-state index in [1.165, 1.54) is 0 Å². The lowest BCUT2D eigenvalue weighted by Gasteiger charge is -2.08. The Bertz CT molecular complexity index is 493. The number of carbonyl (C=O) groups excluding carboxylic acids is 2. The molecule has 0 saturated heterocycles. The minimum Gasteiger partial charge on any atom is -0.451 e. The third kappa shape index (κ3) is 3.12. The number of pyridine rings is 1. The number of carbonyl (C=O) groups is 2. The molecule has 92 valence electrons. The van der Waals surface area contributed by atoms with Gasteiger partial charge in [-0.1, -0.05) is 34.8 Å². The van der Waals surface area contributed by atoms with Gasteiger partial charge in [-0.25, -0.2) is 9.78 Å². The van der Waals surface area contributed by atoms with Crippen LogP contribution in [0.5, 0.6) is 0 Å². The topological polar surface area (TPSA) is 108 Å². The van der Waals surface area contributed by atoms with Crippen LogP contribution in [0.15, 0.2) is 0 Å². The summed E-state index contributed by atoms with van der Waals surface area (Å²) in [6.07, 6.45) is 0. The van der Waals surface area contributed by atoms with Crippen molar-refractivity contribution in [1.82, 2.24) is 4.98 Å². The van der Waals surface area contributed by atoms with Gasteiger partial charge in [-0.2, -0.15) is 0 Å². The van der Waals surface area contributed by atoms with Crippen molar-refractivity contribution in [3.05, 3.63) is 20.9 Å². The normalized spacial score (nSPS) is 10.1. The zero-order chi connectivity index (χ0) is 13.2. The predicted octanol–water partition coefficient (Wildman–Crippen LogP) is 1.27. The van der Waals surface area contributed by atoms with Crippen LogP contribution in [0.25, 0.3) is 0 Å². The van der Waals surface area contributed by atoms with Crippen molar-refractivity contribution in [2.24, 2.45) is 5.73 Å². The first-order valence-electron chi connectivity index (χ1n) is 4.10. The van der Waals surface area contributed by atoms with Crippen molar-refractivity contribution in [2.45, 2.75) is 0 Å². The zero-order valence-electron chi connectivity index (χ0n) is 8.17. The summed E-state index contributed by atoms with van der Waals surface area (Å²) in [6.45, 7) is -0.600. The Labute approximate surface area is 111 Å². The summed E-state index contributed by atoms with van der Waals surface area (Å²) in [7, 11) is 0. The van der Waals surface area contributed by atoms with E-state index < -0.39 is 18.5 Å². The van der Waals surface area contributed by atoms with Gasteiger partial charge in [0.25, 0.3) is 5.91 Å². The van der Waals surface area contributed by atoms with Crippen LogP contribution in [0, 0.1) is 0 Å². The molecule has 9 heteroatoms. The van der Waals surface area contributed by atoms with E-state index in [9.17, 15) is 9.59 Å². The second-order valence-electron chi connectivity index (χ2n) is 2.84. The third-order valence-corrected chi connectivity index (χ3v) is 2.75. The van der Waals surface area contributed by atoms with E-state index in [0.29, 0.717) is 0 Å². The van der Waals surface area contributed by atoms with Crippen LogP contribution in [-0.4, -0.2) is 23.5 Å². The molecule has 17 heavy (non-hydrogen) atoms. The molecule has 0 aliphatic rings. The van der Waals surface area contributed by atoms with E-state index in [1.807, 2.05) is 0 Å². The Hall–Kier alpha value is -1.24. The number of nitrogens with two attached hydrogens (primary N) is 2. The Morgan fingerprint density at radius 3 is 2.35 bits per heavy atom. The van der Waals surface area contributed by atoms with Gasteiger partial charge in [0, 0.05) is 0 Å². The first-order valence-corrected chi connectivity index (χ1v) is 5.23. The van der Waals surface area contributed by atoms with Crippen LogP contribution in [0.3, 0.4) is 0 Å². The van der Waals surface area contributed by atoms with Crippen LogP contribution >= 0.6 is 34.8 Å². The van der Waals surface area contributed by atoms with E-state index in [1.54, 1.807) is 0 Å². The summed E-state index contributed by atoms with van der Waals surface area (Å²) in [6, 6.07) is 0. The number of esters is 1. The van der Waals surface area contributed by atoms with Crippen LogP contribution < -0.4 is 11.5 Å². The average molecular weight is 299 g/mol. The number of halogens is 3. The molecule has 1 aromatic rings. The molecule has 1 heterocycles. The number of ether oxygens (including phenoxy) is 1. The van der Waals surface area contributed by atoms with E-state index in [0.717, 1.165) is 0 Å². The molecule has 4 N–H and O–H groups in total. The molecular formula is C8H6Cl3N3O3. The van der Waals surface area contributed by atoms with E-state index in [-0.39, 0.29) is 26.6 Å². The average Bonchev–Trinajstić information content (AvgIpc) is 2.28. The Morgan fingerprint density at radius 2 is 1.82 bits per heavy atom. The van der Waals surface area contributed by atoms with Gasteiger partial charge in [0.15, 0.2) is 17.5 Å². The van der Waals surface area contributed by atoms with Gasteiger partial charge in [0.05, 0.1) is 10.7 Å². The Morgan fingerprint density at radius 1 is 1.24 bits per heavy atom. The highest BCUT2D eigenvalue weighted by molar-refractivity contribution is 6.46. The molecule has 0 radical (unpaired) electrons. The van der Waals surface area contributed by atoms with Crippen molar-refractivity contribution in [1.29, 1.82) is 0 Å². The van der Waals surface area contributed by atoms with Gasteiger partial charge >= 0.3 is 5.97 Å². The van der Waals surface area contributed by atoms with Crippen LogP contribution in [-0.2, 0) is 9.53 Å². The molecule has 0 bridgehead atoms. The van der Waals surface area contributed by atoms with Crippen molar-refractivity contribution >= 4 is 52.4 Å². The Balaban J connectivity index is 3.06. The first-order chi connectivity index (χ1) is 7.84. The molecular weight excluding hydrogens is 292 g/mol. The Kier molecular flexibility index (Phi) is 4.39. The highest BCUT2D eigenvalue weighted by Gasteiger charge is 2.21. The number of anilines is 1. The molecule has 1 rings (SSSR count). The lowest BCUT2D eigenvalue weighted by Crippen LogP contribution is -2.21. The first kappa shape index (κ1) is 13.8. The second kappa shape index (κ2) is 5.39. The smallest absolute Gasteiger partial charge is 0.359 e. The monoisotopic (exact) mass is 297 g/mol. The molecule has 0 fully saturated rings. The number of aromatic nitrogens is 1. The summed E-state index contributed by atoms with van der Waals surface area (Å²) < 4.78 is 4.50. The fourth-order valence-electron chi connectivity index (χ4n) is 0.872. The summed E-state index contributed by atoms with van der Waals surface area (Å²) in [5, 5.41) is -0.462. The summed E-state index contributed by atoms with van der Waals surface area (Å²) in [4.78, 5) is 25.5. The summed E-state index contributed by atoms with van der Waals surface area (Å²) >= 11 is 17.0. The van der Waals surface area contributed by atoms with E-state index in [2.05, 4.69) is 9.72 Å². The molecule has 0 aromatic carbocycles. The van der Waals surface area contributed by atoms with E-state index >= 15 is 0 Å². The summed E-state index contributed by atoms with van der Waals surface area (Å²) in [5.74, 6) is -1.79. The van der Waals surface area contributed by atoms with Crippen molar-refractivity contribution in [3.8, 4) is 0 Å². The minimum absolute atomic E-state index is 0.0666. The largest absolute Gasteiger partial charge is 0.451 e. The fourth-order valence-corrected chi connectivity index (χ4v) is 1.46. The maximum absolute atomic E-state index is 11.5. The molecule has 0 atom stereocenters. The van der Waals surface area contributed by atoms with Gasteiger partial charge in [0.2, 0.25) is 0 Å². The van der Waals surface area contributed by atoms with Crippen LogP contribution in [0.2, 0.25) is 15.2 Å². The maximum Gasteiger partial charge on any atom is 0.359 e. The molecule has 0 aliphatic heterocycles. The number of nitrogens with zero attached hydrogens (tertiary/aromatic N) is 1. The lowest BCUT2D eigenvalue weighted by molar-refractivity contribution is -0.121. The molecule has 0 unspecified atom stereocenters. The van der Waals surface area contributed by atoms with Gasteiger partial charge in [-0.15, -0.1) is 0 Å². The molecule has 0 aliphatic carbocycles. The minimum atomic E-state index is -0.973. The number of hydrogen-bond donors (Lipinski definition) is 2. The number of rotatable bonds is 3. The maximum atomic E-state index is 11.5. The number of hydrogen-bond acceptors (Lipinski definition) is 5. The lowest BCUT2D eigenvalue weighted by atomic mass is 10.3. The second-order valence-corrected chi connectivity index (χ2v) is 3.95. The molecule has 0 spiro atoms. The molecule has 1 aromatic heterocycles. The third-order valence-electron chi connectivity index (χ3n) is 1.61. The van der Waals surface area contributed by atoms with Crippen molar-refractivity contribution < 1.29 is 14.3 Å². The highest BCUT2D eigenvalue weighted by Crippen LogP contribution is 2.34. The molecule has 0 saturated carbocycles. The van der Waals surface area contributed by atoms with Gasteiger partial charge < -0.3 is 16.2 Å². The van der Waals surface area contributed by atoms with Gasteiger partial charge in [-0.3, -0.25) is 4.79 Å². The zero-order valence-corrected chi connectivity index (χ0v) is 10.4. The van der Waals surface area contributed by atoms with Gasteiger partial charge in [-0.05, 0) is 0 Å². The summed E-state index contributed by atoms with van der Waals surface area (Å²) in [5.41, 5.74) is 9.86. The predicted molar refractivity (Wildman–Crippen MR) is 63.2 cm³/mol. The van der Waals surface area contributed by atoms with Gasteiger partial charge in [0.1, 0.15) is 5.02 Å². The van der Waals surface area contributed by atoms with Crippen LogP contribution in [0.4, 0.5) is 5.69 Å². The highest BCUT2D eigenvalue weighted by atomic mass is 35.5. The fraction of sp³-hybridized carbons (Fsp3) is 0.125. The van der Waals surface area contributed by atoms with Crippen LogP contribution in [0.1, 0.15) is 10.5 Å². The number of amides is 1.